The van der Waals surface area contributed by atoms with Crippen LogP contribution in [0.4, 0.5) is 0 Å². The first-order valence-corrected chi connectivity index (χ1v) is 6.78. The molecule has 0 spiro atoms. The van der Waals surface area contributed by atoms with Gasteiger partial charge in [0.2, 0.25) is 0 Å². The number of pyridine rings is 1. The van der Waals surface area contributed by atoms with Crippen LogP contribution in [0, 0.1) is 6.92 Å². The lowest BCUT2D eigenvalue weighted by atomic mass is 9.98. The van der Waals surface area contributed by atoms with E-state index in [9.17, 15) is 9.90 Å². The monoisotopic (exact) mass is 280 g/mol. The van der Waals surface area contributed by atoms with Crippen LogP contribution < -0.4 is 0 Å². The highest BCUT2D eigenvalue weighted by Crippen LogP contribution is 2.28. The maximum atomic E-state index is 11.6. The zero-order chi connectivity index (χ0) is 14.2. The van der Waals surface area contributed by atoms with Crippen LogP contribution in [-0.4, -0.2) is 20.5 Å². The number of hydrogen-bond donors (Lipinski definition) is 1. The Balaban J connectivity index is 2.81. The van der Waals surface area contributed by atoms with E-state index in [0.29, 0.717) is 16.4 Å². The molecule has 5 heteroatoms. The molecule has 0 saturated heterocycles. The predicted molar refractivity (Wildman–Crippen MR) is 75.2 cm³/mol. The van der Waals surface area contributed by atoms with E-state index in [4.69, 9.17) is 11.6 Å². The summed E-state index contributed by atoms with van der Waals surface area (Å²) in [5.74, 6) is -0.805. The predicted octanol–water partition coefficient (Wildman–Crippen LogP) is 3.90. The van der Waals surface area contributed by atoms with Crippen molar-refractivity contribution in [1.29, 1.82) is 0 Å². The molecule has 0 aliphatic heterocycles. The first-order valence-electron chi connectivity index (χ1n) is 6.40. The van der Waals surface area contributed by atoms with Gasteiger partial charge in [-0.1, -0.05) is 25.4 Å². The van der Waals surface area contributed by atoms with Crippen molar-refractivity contribution in [3.8, 4) is 0 Å². The number of aromatic nitrogens is 2. The zero-order valence-electron chi connectivity index (χ0n) is 11.3. The maximum Gasteiger partial charge on any atom is 0.354 e. The van der Waals surface area contributed by atoms with E-state index in [1.165, 1.54) is 0 Å². The molecule has 0 unspecified atom stereocenters. The van der Waals surface area contributed by atoms with Crippen LogP contribution in [-0.2, 0) is 0 Å². The molecule has 0 saturated carbocycles. The third-order valence-corrected chi connectivity index (χ3v) is 3.68. The lowest BCUT2D eigenvalue weighted by Gasteiger charge is -2.10. The molecular formula is C14H17ClN2O2. The van der Waals surface area contributed by atoms with Crippen LogP contribution in [0.3, 0.4) is 0 Å². The molecule has 0 aliphatic carbocycles. The largest absolute Gasteiger partial charge is 0.477 e. The molecule has 0 aliphatic rings. The SMILES string of the molecule is CCC(CC)c1nc2c(C)cc(Cl)cn2c1C(=O)O. The average Bonchev–Trinajstić information content (AvgIpc) is 2.70. The number of aryl methyl sites for hydroxylation is 1. The van der Waals surface area contributed by atoms with Gasteiger partial charge in [-0.3, -0.25) is 4.40 Å². The number of aromatic carboxylic acids is 1. The molecule has 2 rings (SSSR count). The molecule has 0 radical (unpaired) electrons. The van der Waals surface area contributed by atoms with Gasteiger partial charge in [0, 0.05) is 12.1 Å². The Morgan fingerprint density at radius 1 is 1.47 bits per heavy atom. The summed E-state index contributed by atoms with van der Waals surface area (Å²) in [6.07, 6.45) is 3.35. The number of carboxylic acids is 1. The Morgan fingerprint density at radius 2 is 2.11 bits per heavy atom. The van der Waals surface area contributed by atoms with Gasteiger partial charge in [-0.2, -0.15) is 0 Å². The van der Waals surface area contributed by atoms with E-state index >= 15 is 0 Å². The standard InChI is InChI=1S/C14H17ClN2O2/c1-4-9(5-2)11-12(14(18)19)17-7-10(15)6-8(3)13(17)16-11/h6-7,9H,4-5H2,1-3H3,(H,18,19). The Labute approximate surface area is 117 Å². The molecule has 4 nitrogen and oxygen atoms in total. The van der Waals surface area contributed by atoms with Gasteiger partial charge < -0.3 is 5.11 Å². The van der Waals surface area contributed by atoms with E-state index in [0.717, 1.165) is 18.4 Å². The second-order valence-electron chi connectivity index (χ2n) is 4.70. The molecule has 0 fully saturated rings. The van der Waals surface area contributed by atoms with Gasteiger partial charge in [-0.05, 0) is 31.4 Å². The lowest BCUT2D eigenvalue weighted by Crippen LogP contribution is -2.08. The zero-order valence-corrected chi connectivity index (χ0v) is 12.0. The number of carboxylic acid groups (broad SMARTS) is 1. The minimum atomic E-state index is -0.962. The Hall–Kier alpha value is -1.55. The Kier molecular flexibility index (Phi) is 3.80. The highest BCUT2D eigenvalue weighted by Gasteiger charge is 2.24. The Morgan fingerprint density at radius 3 is 2.63 bits per heavy atom. The van der Waals surface area contributed by atoms with Crippen LogP contribution in [0.5, 0.6) is 0 Å². The molecular weight excluding hydrogens is 264 g/mol. The first kappa shape index (κ1) is 13.9. The number of hydrogen-bond acceptors (Lipinski definition) is 2. The summed E-state index contributed by atoms with van der Waals surface area (Å²) in [5.41, 5.74) is 2.44. The summed E-state index contributed by atoms with van der Waals surface area (Å²) < 4.78 is 1.59. The smallest absolute Gasteiger partial charge is 0.354 e. The normalized spacial score (nSPS) is 11.4. The van der Waals surface area contributed by atoms with Gasteiger partial charge in [0.15, 0.2) is 5.69 Å². The van der Waals surface area contributed by atoms with Crippen molar-refractivity contribution in [3.63, 3.8) is 0 Å². The Bertz CT molecular complexity index is 630. The van der Waals surface area contributed by atoms with Gasteiger partial charge in [0.25, 0.3) is 0 Å². The molecule has 0 amide bonds. The van der Waals surface area contributed by atoms with E-state index < -0.39 is 5.97 Å². The van der Waals surface area contributed by atoms with Crippen molar-refractivity contribution < 1.29 is 9.90 Å². The highest BCUT2D eigenvalue weighted by molar-refractivity contribution is 6.30. The topological polar surface area (TPSA) is 54.6 Å². The number of nitrogens with zero attached hydrogens (tertiary/aromatic N) is 2. The van der Waals surface area contributed by atoms with Crippen molar-refractivity contribution in [2.24, 2.45) is 0 Å². The number of fused-ring (bicyclic) bond motifs is 1. The first-order chi connectivity index (χ1) is 8.99. The molecule has 102 valence electrons. The second kappa shape index (κ2) is 5.21. The van der Waals surface area contributed by atoms with Crippen molar-refractivity contribution in [1.82, 2.24) is 9.38 Å². The fourth-order valence-electron chi connectivity index (χ4n) is 2.46. The molecule has 0 bridgehead atoms. The van der Waals surface area contributed by atoms with Gasteiger partial charge >= 0.3 is 5.97 Å². The summed E-state index contributed by atoms with van der Waals surface area (Å²) in [5, 5.41) is 9.99. The summed E-state index contributed by atoms with van der Waals surface area (Å²) in [6, 6.07) is 1.80. The molecule has 2 heterocycles. The van der Waals surface area contributed by atoms with Crippen molar-refractivity contribution in [2.45, 2.75) is 39.5 Å². The van der Waals surface area contributed by atoms with Crippen molar-refractivity contribution in [3.05, 3.63) is 34.2 Å². The van der Waals surface area contributed by atoms with E-state index in [-0.39, 0.29) is 11.6 Å². The molecule has 1 N–H and O–H groups in total. The van der Waals surface area contributed by atoms with Crippen molar-refractivity contribution >= 4 is 23.2 Å². The summed E-state index contributed by atoms with van der Waals surface area (Å²) >= 11 is 6.02. The molecule has 19 heavy (non-hydrogen) atoms. The van der Waals surface area contributed by atoms with Crippen molar-refractivity contribution in [2.75, 3.05) is 0 Å². The van der Waals surface area contributed by atoms with Crippen LogP contribution >= 0.6 is 11.6 Å². The van der Waals surface area contributed by atoms with E-state index in [1.54, 1.807) is 16.7 Å². The second-order valence-corrected chi connectivity index (χ2v) is 5.14. The van der Waals surface area contributed by atoms with Crippen LogP contribution in [0.1, 0.15) is 54.4 Å². The van der Waals surface area contributed by atoms with E-state index in [1.807, 2.05) is 20.8 Å². The lowest BCUT2D eigenvalue weighted by molar-refractivity contribution is 0.0687. The minimum absolute atomic E-state index is 0.157. The number of carbonyl (C=O) groups is 1. The van der Waals surface area contributed by atoms with Gasteiger partial charge in [0.1, 0.15) is 5.65 Å². The maximum absolute atomic E-state index is 11.6. The minimum Gasteiger partial charge on any atom is -0.477 e. The van der Waals surface area contributed by atoms with E-state index in [2.05, 4.69) is 4.98 Å². The van der Waals surface area contributed by atoms with Gasteiger partial charge in [-0.25, -0.2) is 9.78 Å². The summed E-state index contributed by atoms with van der Waals surface area (Å²) in [7, 11) is 0. The van der Waals surface area contributed by atoms with Crippen LogP contribution in [0.15, 0.2) is 12.3 Å². The fraction of sp³-hybridized carbons (Fsp3) is 0.429. The van der Waals surface area contributed by atoms with Gasteiger partial charge in [-0.15, -0.1) is 0 Å². The number of halogens is 1. The fourth-order valence-corrected chi connectivity index (χ4v) is 2.72. The molecule has 0 aromatic carbocycles. The number of rotatable bonds is 4. The highest BCUT2D eigenvalue weighted by atomic mass is 35.5. The van der Waals surface area contributed by atoms with Crippen LogP contribution in [0.2, 0.25) is 5.02 Å². The molecule has 0 atom stereocenters. The van der Waals surface area contributed by atoms with Crippen LogP contribution in [0.25, 0.3) is 5.65 Å². The van der Waals surface area contributed by atoms with Gasteiger partial charge in [0.05, 0.1) is 10.7 Å². The average molecular weight is 281 g/mol. The quantitative estimate of drug-likeness (QED) is 0.924. The number of imidazole rings is 1. The molecule has 2 aromatic heterocycles. The molecule has 2 aromatic rings. The third-order valence-electron chi connectivity index (χ3n) is 3.47. The summed E-state index contributed by atoms with van der Waals surface area (Å²) in [6.45, 7) is 5.98. The third kappa shape index (κ3) is 2.32. The summed E-state index contributed by atoms with van der Waals surface area (Å²) in [4.78, 5) is 16.1.